The number of hydrogen-bond donors (Lipinski definition) is 1. The fourth-order valence-electron chi connectivity index (χ4n) is 3.32. The van der Waals surface area contributed by atoms with Crippen molar-refractivity contribution in [3.05, 3.63) is 35.4 Å². The molecule has 20 heavy (non-hydrogen) atoms. The predicted octanol–water partition coefficient (Wildman–Crippen LogP) is 2.20. The van der Waals surface area contributed by atoms with Gasteiger partial charge in [-0.1, -0.05) is 24.3 Å². The van der Waals surface area contributed by atoms with Crippen LogP contribution >= 0.6 is 0 Å². The van der Waals surface area contributed by atoms with Crippen molar-refractivity contribution in [2.75, 3.05) is 26.2 Å². The third-order valence-corrected chi connectivity index (χ3v) is 4.63. The lowest BCUT2D eigenvalue weighted by Gasteiger charge is -2.29. The first-order valence-electron chi connectivity index (χ1n) is 7.97. The molecular weight excluding hydrogens is 248 g/mol. The minimum Gasteiger partial charge on any atom is -0.377 e. The Morgan fingerprint density at radius 1 is 1.35 bits per heavy atom. The molecule has 2 aliphatic heterocycles. The molecule has 0 spiro atoms. The molecule has 1 N–H and O–H groups in total. The molecule has 2 unspecified atom stereocenters. The van der Waals surface area contributed by atoms with E-state index in [1.54, 1.807) is 0 Å². The van der Waals surface area contributed by atoms with Crippen molar-refractivity contribution in [2.45, 2.75) is 44.9 Å². The van der Waals surface area contributed by atoms with Crippen molar-refractivity contribution in [1.29, 1.82) is 0 Å². The Hall–Kier alpha value is -0.900. The van der Waals surface area contributed by atoms with Gasteiger partial charge in [0.2, 0.25) is 0 Å². The van der Waals surface area contributed by atoms with Crippen LogP contribution in [0.15, 0.2) is 24.3 Å². The summed E-state index contributed by atoms with van der Waals surface area (Å²) < 4.78 is 5.73. The largest absolute Gasteiger partial charge is 0.377 e. The average Bonchev–Trinajstić information content (AvgIpc) is 3.01. The van der Waals surface area contributed by atoms with Crippen LogP contribution in [-0.2, 0) is 17.7 Å². The first kappa shape index (κ1) is 14.1. The van der Waals surface area contributed by atoms with E-state index >= 15 is 0 Å². The maximum atomic E-state index is 5.73. The lowest BCUT2D eigenvalue weighted by atomic mass is 10.00. The molecule has 2 atom stereocenters. The van der Waals surface area contributed by atoms with Gasteiger partial charge in [-0.3, -0.25) is 4.90 Å². The first-order chi connectivity index (χ1) is 9.83. The minimum atomic E-state index is 0.428. The van der Waals surface area contributed by atoms with Crippen LogP contribution in [0.1, 0.15) is 30.9 Å². The molecule has 110 valence electrons. The molecule has 0 amide bonds. The van der Waals surface area contributed by atoms with Crippen molar-refractivity contribution in [1.82, 2.24) is 10.2 Å². The van der Waals surface area contributed by atoms with E-state index in [0.717, 1.165) is 26.2 Å². The monoisotopic (exact) mass is 274 g/mol. The zero-order valence-corrected chi connectivity index (χ0v) is 12.5. The van der Waals surface area contributed by atoms with E-state index < -0.39 is 0 Å². The Kier molecular flexibility index (Phi) is 4.71. The molecular formula is C17H26N2O. The van der Waals surface area contributed by atoms with Gasteiger partial charge in [-0.15, -0.1) is 0 Å². The predicted molar refractivity (Wildman–Crippen MR) is 81.9 cm³/mol. The molecule has 1 fully saturated rings. The van der Waals surface area contributed by atoms with Gasteiger partial charge in [-0.05, 0) is 37.3 Å². The topological polar surface area (TPSA) is 24.5 Å². The van der Waals surface area contributed by atoms with E-state index in [4.69, 9.17) is 4.74 Å². The van der Waals surface area contributed by atoms with Gasteiger partial charge in [0.05, 0.1) is 6.10 Å². The van der Waals surface area contributed by atoms with Crippen LogP contribution in [0.2, 0.25) is 0 Å². The maximum absolute atomic E-state index is 5.73. The second-order valence-electron chi connectivity index (χ2n) is 6.09. The molecule has 3 rings (SSSR count). The summed E-state index contributed by atoms with van der Waals surface area (Å²) >= 11 is 0. The minimum absolute atomic E-state index is 0.428. The summed E-state index contributed by atoms with van der Waals surface area (Å²) in [5.41, 5.74) is 3.04. The van der Waals surface area contributed by atoms with Crippen molar-refractivity contribution in [2.24, 2.45) is 0 Å². The molecule has 0 aliphatic carbocycles. The molecule has 2 heterocycles. The van der Waals surface area contributed by atoms with Gasteiger partial charge >= 0.3 is 0 Å². The number of nitrogens with zero attached hydrogens (tertiary/aromatic N) is 1. The second kappa shape index (κ2) is 6.70. The van der Waals surface area contributed by atoms with Gasteiger partial charge in [0, 0.05) is 38.8 Å². The van der Waals surface area contributed by atoms with Gasteiger partial charge in [0.1, 0.15) is 0 Å². The summed E-state index contributed by atoms with van der Waals surface area (Å²) in [6.07, 6.45) is 4.06. The smallest absolute Gasteiger partial charge is 0.0726 e. The number of hydrogen-bond acceptors (Lipinski definition) is 3. The summed E-state index contributed by atoms with van der Waals surface area (Å²) in [6, 6.07) is 9.32. The maximum Gasteiger partial charge on any atom is 0.0726 e. The zero-order chi connectivity index (χ0) is 13.8. The van der Waals surface area contributed by atoms with E-state index in [2.05, 4.69) is 41.4 Å². The fraction of sp³-hybridized carbons (Fsp3) is 0.647. The van der Waals surface area contributed by atoms with Crippen LogP contribution < -0.4 is 5.32 Å². The van der Waals surface area contributed by atoms with E-state index in [-0.39, 0.29) is 0 Å². The van der Waals surface area contributed by atoms with Gasteiger partial charge in [-0.2, -0.15) is 0 Å². The third-order valence-electron chi connectivity index (χ3n) is 4.63. The Morgan fingerprint density at radius 2 is 2.20 bits per heavy atom. The van der Waals surface area contributed by atoms with Gasteiger partial charge in [0.15, 0.2) is 0 Å². The summed E-state index contributed by atoms with van der Waals surface area (Å²) in [4.78, 5) is 2.55. The summed E-state index contributed by atoms with van der Waals surface area (Å²) in [7, 11) is 0. The van der Waals surface area contributed by atoms with Crippen LogP contribution in [0, 0.1) is 0 Å². The highest BCUT2D eigenvalue weighted by Crippen LogP contribution is 2.18. The molecule has 0 bridgehead atoms. The SMILES string of the molecule is CC(NCCN1CCc2ccccc2C1)C1CCCO1. The van der Waals surface area contributed by atoms with E-state index in [1.807, 2.05) is 0 Å². The number of benzene rings is 1. The van der Waals surface area contributed by atoms with Crippen LogP contribution in [0.25, 0.3) is 0 Å². The van der Waals surface area contributed by atoms with Crippen molar-refractivity contribution in [3.8, 4) is 0 Å². The van der Waals surface area contributed by atoms with Crippen LogP contribution in [-0.4, -0.2) is 43.3 Å². The van der Waals surface area contributed by atoms with Crippen molar-refractivity contribution in [3.63, 3.8) is 0 Å². The standard InChI is InChI=1S/C17H26N2O/c1-14(17-7-4-12-20-17)18-9-11-19-10-8-15-5-2-3-6-16(15)13-19/h2-3,5-6,14,17-18H,4,7-13H2,1H3. The number of fused-ring (bicyclic) bond motifs is 1. The molecule has 1 aromatic rings. The lowest BCUT2D eigenvalue weighted by Crippen LogP contribution is -2.42. The molecule has 0 aromatic heterocycles. The van der Waals surface area contributed by atoms with Gasteiger partial charge < -0.3 is 10.1 Å². The van der Waals surface area contributed by atoms with Crippen molar-refractivity contribution < 1.29 is 4.74 Å². The van der Waals surface area contributed by atoms with Crippen molar-refractivity contribution >= 4 is 0 Å². The first-order valence-corrected chi connectivity index (χ1v) is 7.97. The van der Waals surface area contributed by atoms with Crippen LogP contribution in [0.4, 0.5) is 0 Å². The highest BCUT2D eigenvalue weighted by molar-refractivity contribution is 5.28. The van der Waals surface area contributed by atoms with Gasteiger partial charge in [0.25, 0.3) is 0 Å². The van der Waals surface area contributed by atoms with E-state index in [0.29, 0.717) is 12.1 Å². The number of rotatable bonds is 5. The Morgan fingerprint density at radius 3 is 3.00 bits per heavy atom. The van der Waals surface area contributed by atoms with Crippen LogP contribution in [0.5, 0.6) is 0 Å². The average molecular weight is 274 g/mol. The summed E-state index contributed by atoms with van der Waals surface area (Å²) in [6.45, 7) is 7.68. The Bertz CT molecular complexity index is 429. The summed E-state index contributed by atoms with van der Waals surface area (Å²) in [5.74, 6) is 0. The lowest BCUT2D eigenvalue weighted by molar-refractivity contribution is 0.0824. The highest BCUT2D eigenvalue weighted by atomic mass is 16.5. The Labute approximate surface area is 122 Å². The molecule has 1 saturated heterocycles. The quantitative estimate of drug-likeness (QED) is 0.891. The van der Waals surface area contributed by atoms with Gasteiger partial charge in [-0.25, -0.2) is 0 Å². The zero-order valence-electron chi connectivity index (χ0n) is 12.5. The highest BCUT2D eigenvalue weighted by Gasteiger charge is 2.22. The Balaban J connectivity index is 1.41. The molecule has 1 aromatic carbocycles. The second-order valence-corrected chi connectivity index (χ2v) is 6.09. The molecule has 2 aliphatic rings. The summed E-state index contributed by atoms with van der Waals surface area (Å²) in [5, 5.41) is 3.63. The molecule has 3 nitrogen and oxygen atoms in total. The third kappa shape index (κ3) is 3.40. The van der Waals surface area contributed by atoms with E-state index in [1.165, 1.54) is 36.9 Å². The number of ether oxygens (including phenoxy) is 1. The normalized spacial score (nSPS) is 24.6. The molecule has 0 radical (unpaired) electrons. The number of nitrogens with one attached hydrogen (secondary N) is 1. The molecule has 0 saturated carbocycles. The van der Waals surface area contributed by atoms with E-state index in [9.17, 15) is 0 Å². The van der Waals surface area contributed by atoms with Crippen LogP contribution in [0.3, 0.4) is 0 Å². The fourth-order valence-corrected chi connectivity index (χ4v) is 3.32. The molecule has 3 heteroatoms.